The van der Waals surface area contributed by atoms with Crippen LogP contribution in [0.3, 0.4) is 0 Å². The van der Waals surface area contributed by atoms with Gasteiger partial charge in [0.1, 0.15) is 0 Å². The number of nitro groups is 1. The summed E-state index contributed by atoms with van der Waals surface area (Å²) in [6.45, 7) is 3.95. The fourth-order valence-electron chi connectivity index (χ4n) is 2.46. The second-order valence-electron chi connectivity index (χ2n) is 5.89. The predicted molar refractivity (Wildman–Crippen MR) is 100 cm³/mol. The van der Waals surface area contributed by atoms with Crippen LogP contribution in [0.2, 0.25) is 5.02 Å². The minimum atomic E-state index is -0.850. The third-order valence-electron chi connectivity index (χ3n) is 3.89. The average Bonchev–Trinajstić information content (AvgIpc) is 2.64. The van der Waals surface area contributed by atoms with Gasteiger partial charge < -0.3 is 4.74 Å². The fourth-order valence-corrected chi connectivity index (χ4v) is 2.66. The molecule has 0 aliphatic carbocycles. The van der Waals surface area contributed by atoms with Crippen LogP contribution >= 0.6 is 11.6 Å². The summed E-state index contributed by atoms with van der Waals surface area (Å²) in [5.41, 5.74) is 3.33. The van der Waals surface area contributed by atoms with Crippen LogP contribution in [0.25, 0.3) is 11.3 Å². The van der Waals surface area contributed by atoms with Gasteiger partial charge in [-0.1, -0.05) is 29.3 Å². The number of esters is 1. The molecular formula is C19H14ClN3O4. The van der Waals surface area contributed by atoms with Crippen LogP contribution in [0.5, 0.6) is 5.88 Å². The number of hydrogen-bond donors (Lipinski definition) is 0. The minimum Gasteiger partial charge on any atom is -0.402 e. The Morgan fingerprint density at radius 2 is 1.85 bits per heavy atom. The van der Waals surface area contributed by atoms with Crippen LogP contribution in [0.4, 0.5) is 5.69 Å². The van der Waals surface area contributed by atoms with E-state index >= 15 is 0 Å². The largest absolute Gasteiger partial charge is 0.402 e. The van der Waals surface area contributed by atoms with Crippen LogP contribution in [-0.4, -0.2) is 21.1 Å². The molecule has 0 fully saturated rings. The number of nitro benzene ring substituents is 1. The van der Waals surface area contributed by atoms with Gasteiger partial charge in [0.2, 0.25) is 5.88 Å². The molecule has 136 valence electrons. The Morgan fingerprint density at radius 1 is 1.07 bits per heavy atom. The van der Waals surface area contributed by atoms with Crippen molar-refractivity contribution in [1.82, 2.24) is 10.2 Å². The molecule has 0 saturated carbocycles. The van der Waals surface area contributed by atoms with Gasteiger partial charge >= 0.3 is 5.97 Å². The van der Waals surface area contributed by atoms with E-state index in [2.05, 4.69) is 10.2 Å². The maximum absolute atomic E-state index is 12.3. The smallest absolute Gasteiger partial charge is 0.346 e. The number of nitrogens with zero attached hydrogens (tertiary/aromatic N) is 3. The van der Waals surface area contributed by atoms with E-state index in [0.717, 1.165) is 22.8 Å². The van der Waals surface area contributed by atoms with Gasteiger partial charge in [0, 0.05) is 23.8 Å². The molecule has 0 N–H and O–H groups in total. The molecule has 0 radical (unpaired) electrons. The molecule has 0 spiro atoms. The number of halogens is 1. The highest BCUT2D eigenvalue weighted by Crippen LogP contribution is 2.25. The Bertz CT molecular complexity index is 1040. The normalized spacial score (nSPS) is 10.5. The maximum Gasteiger partial charge on any atom is 0.346 e. The van der Waals surface area contributed by atoms with Crippen LogP contribution in [0.15, 0.2) is 48.5 Å². The monoisotopic (exact) mass is 383 g/mol. The van der Waals surface area contributed by atoms with Gasteiger partial charge in [-0.2, -0.15) is 0 Å². The highest BCUT2D eigenvalue weighted by atomic mass is 35.5. The number of carbonyl (C=O) groups is 1. The van der Waals surface area contributed by atoms with Crippen molar-refractivity contribution >= 4 is 23.3 Å². The lowest BCUT2D eigenvalue weighted by Gasteiger charge is -2.07. The van der Waals surface area contributed by atoms with Crippen LogP contribution in [0.1, 0.15) is 21.5 Å². The molecule has 0 amide bonds. The van der Waals surface area contributed by atoms with Crippen molar-refractivity contribution < 1.29 is 14.5 Å². The lowest BCUT2D eigenvalue weighted by atomic mass is 10.0. The van der Waals surface area contributed by atoms with Crippen LogP contribution in [0, 0.1) is 24.0 Å². The first-order chi connectivity index (χ1) is 12.8. The van der Waals surface area contributed by atoms with Crippen molar-refractivity contribution in [3.05, 3.63) is 80.4 Å². The van der Waals surface area contributed by atoms with Gasteiger partial charge in [-0.15, -0.1) is 10.2 Å². The van der Waals surface area contributed by atoms with Crippen molar-refractivity contribution in [1.29, 1.82) is 0 Å². The standard InChI is InChI=1S/C19H14ClN3O4/c1-11-3-4-12(2)14(9-11)17-7-8-18(22-21-17)27-19(24)15-10-13(23(25)26)5-6-16(15)20/h3-10H,1-2H3. The Morgan fingerprint density at radius 3 is 2.52 bits per heavy atom. The summed E-state index contributed by atoms with van der Waals surface area (Å²) >= 11 is 5.94. The van der Waals surface area contributed by atoms with Gasteiger partial charge in [-0.3, -0.25) is 10.1 Å². The molecule has 0 atom stereocenters. The maximum atomic E-state index is 12.3. The zero-order valence-electron chi connectivity index (χ0n) is 14.5. The Labute approximate surface area is 159 Å². The van der Waals surface area contributed by atoms with Crippen molar-refractivity contribution in [2.75, 3.05) is 0 Å². The summed E-state index contributed by atoms with van der Waals surface area (Å²) in [6, 6.07) is 12.7. The molecule has 27 heavy (non-hydrogen) atoms. The Hall–Kier alpha value is -3.32. The summed E-state index contributed by atoms with van der Waals surface area (Å²) in [7, 11) is 0. The molecule has 3 rings (SSSR count). The Kier molecular flexibility index (Phi) is 5.14. The van der Waals surface area contributed by atoms with E-state index in [4.69, 9.17) is 16.3 Å². The van der Waals surface area contributed by atoms with Gasteiger partial charge in [0.25, 0.3) is 5.69 Å². The minimum absolute atomic E-state index is 0.0309. The molecule has 0 saturated heterocycles. The molecule has 1 heterocycles. The van der Waals surface area contributed by atoms with Crippen molar-refractivity contribution in [3.8, 4) is 17.1 Å². The quantitative estimate of drug-likeness (QED) is 0.373. The zero-order chi connectivity index (χ0) is 19.6. The van der Waals surface area contributed by atoms with Crippen LogP contribution in [-0.2, 0) is 0 Å². The molecule has 0 unspecified atom stereocenters. The van der Waals surface area contributed by atoms with Crippen molar-refractivity contribution in [2.24, 2.45) is 0 Å². The molecule has 0 aliphatic heterocycles. The second kappa shape index (κ2) is 7.51. The second-order valence-corrected chi connectivity index (χ2v) is 6.29. The van der Waals surface area contributed by atoms with E-state index in [9.17, 15) is 14.9 Å². The lowest BCUT2D eigenvalue weighted by Crippen LogP contribution is -2.11. The molecule has 1 aromatic heterocycles. The first-order valence-electron chi connectivity index (χ1n) is 7.92. The fraction of sp³-hybridized carbons (Fsp3) is 0.105. The molecule has 0 bridgehead atoms. The van der Waals surface area contributed by atoms with Gasteiger partial charge in [-0.25, -0.2) is 4.79 Å². The van der Waals surface area contributed by atoms with E-state index < -0.39 is 10.9 Å². The van der Waals surface area contributed by atoms with E-state index in [1.165, 1.54) is 18.2 Å². The van der Waals surface area contributed by atoms with E-state index in [1.807, 2.05) is 32.0 Å². The number of non-ortho nitro benzene ring substituents is 1. The summed E-state index contributed by atoms with van der Waals surface area (Å²) in [4.78, 5) is 22.5. The lowest BCUT2D eigenvalue weighted by molar-refractivity contribution is -0.384. The topological polar surface area (TPSA) is 95.2 Å². The summed E-state index contributed by atoms with van der Waals surface area (Å²) in [6.07, 6.45) is 0. The summed E-state index contributed by atoms with van der Waals surface area (Å²) < 4.78 is 5.14. The average molecular weight is 384 g/mol. The molecule has 7 nitrogen and oxygen atoms in total. The highest BCUT2D eigenvalue weighted by molar-refractivity contribution is 6.33. The van der Waals surface area contributed by atoms with Crippen molar-refractivity contribution in [3.63, 3.8) is 0 Å². The zero-order valence-corrected chi connectivity index (χ0v) is 15.2. The van der Waals surface area contributed by atoms with Crippen molar-refractivity contribution in [2.45, 2.75) is 13.8 Å². The van der Waals surface area contributed by atoms with Gasteiger partial charge in [0.05, 0.1) is 21.2 Å². The predicted octanol–water partition coefficient (Wildman–Crippen LogP) is 4.54. The first kappa shape index (κ1) is 18.5. The number of rotatable bonds is 4. The number of benzene rings is 2. The third kappa shape index (κ3) is 4.09. The molecular weight excluding hydrogens is 370 g/mol. The van der Waals surface area contributed by atoms with Gasteiger partial charge in [0.15, 0.2) is 0 Å². The molecule has 8 heteroatoms. The SMILES string of the molecule is Cc1ccc(C)c(-c2ccc(OC(=O)c3cc([N+](=O)[O-])ccc3Cl)nn2)c1. The van der Waals surface area contributed by atoms with E-state index in [-0.39, 0.29) is 22.2 Å². The summed E-state index contributed by atoms with van der Waals surface area (Å²) in [5, 5.41) is 18.9. The highest BCUT2D eigenvalue weighted by Gasteiger charge is 2.18. The number of carbonyl (C=O) groups excluding carboxylic acids is 1. The molecule has 0 aliphatic rings. The van der Waals surface area contributed by atoms with E-state index in [1.54, 1.807) is 6.07 Å². The number of aryl methyl sites for hydroxylation is 2. The number of hydrogen-bond acceptors (Lipinski definition) is 6. The number of ether oxygens (including phenoxy) is 1. The molecule has 3 aromatic rings. The first-order valence-corrected chi connectivity index (χ1v) is 8.30. The third-order valence-corrected chi connectivity index (χ3v) is 4.22. The van der Waals surface area contributed by atoms with E-state index in [0.29, 0.717) is 5.69 Å². The summed E-state index contributed by atoms with van der Waals surface area (Å²) in [5.74, 6) is -0.880. The van der Waals surface area contributed by atoms with Gasteiger partial charge in [-0.05, 0) is 37.6 Å². The Balaban J connectivity index is 1.83. The van der Waals surface area contributed by atoms with Crippen LogP contribution < -0.4 is 4.74 Å². The number of aromatic nitrogens is 2. The molecule has 2 aromatic carbocycles.